The monoisotopic (exact) mass is 673 g/mol. The molecule has 0 radical (unpaired) electrons. The molecule has 1 fully saturated rings. The number of aromatic amines is 1. The highest BCUT2D eigenvalue weighted by atomic mass is 32.2. The van der Waals surface area contributed by atoms with Crippen LogP contribution in [0.1, 0.15) is 35.5 Å². The second-order valence-electron chi connectivity index (χ2n) is 11.4. The molecule has 4 N–H and O–H groups in total. The number of ketones is 1. The van der Waals surface area contributed by atoms with Crippen molar-refractivity contribution >= 4 is 38.4 Å². The van der Waals surface area contributed by atoms with E-state index in [2.05, 4.69) is 19.8 Å². The molecule has 3 aromatic heterocycles. The molecule has 47 heavy (non-hydrogen) atoms. The summed E-state index contributed by atoms with van der Waals surface area (Å²) in [7, 11) is -4.02. The Bertz CT molecular complexity index is 2130. The summed E-state index contributed by atoms with van der Waals surface area (Å²) < 4.78 is 95.4. The zero-order valence-corrected chi connectivity index (χ0v) is 25.8. The molecule has 17 heteroatoms. The van der Waals surface area contributed by atoms with Crippen LogP contribution in [-0.2, 0) is 10.2 Å². The summed E-state index contributed by atoms with van der Waals surface area (Å²) in [5, 5.41) is 4.61. The van der Waals surface area contributed by atoms with Gasteiger partial charge in [0.15, 0.2) is 11.6 Å². The molecule has 0 saturated carbocycles. The Hall–Kier alpha value is -5.16. The lowest BCUT2D eigenvalue weighted by Crippen LogP contribution is -2.36. The first-order valence-electron chi connectivity index (χ1n) is 14.0. The number of benzene rings is 2. The van der Waals surface area contributed by atoms with Gasteiger partial charge < -0.3 is 20.2 Å². The molecule has 6 rings (SSSR count). The summed E-state index contributed by atoms with van der Waals surface area (Å²) in [4.78, 5) is 20.6. The normalized spacial score (nSPS) is 15.4. The van der Waals surface area contributed by atoms with Crippen LogP contribution in [0, 0.1) is 18.6 Å². The minimum absolute atomic E-state index is 0.00446. The Morgan fingerprint density at radius 2 is 1.83 bits per heavy atom. The third-order valence-electron chi connectivity index (χ3n) is 7.28. The van der Waals surface area contributed by atoms with Gasteiger partial charge >= 0.3 is 10.2 Å². The van der Waals surface area contributed by atoms with Gasteiger partial charge in [-0.05, 0) is 56.7 Å². The van der Waals surface area contributed by atoms with Crippen molar-refractivity contribution in [1.29, 1.82) is 0 Å². The minimum atomic E-state index is -4.02. The number of hydrogen-bond acceptors (Lipinski definition) is 8. The molecular weight excluding hydrogens is 646 g/mol. The number of rotatable bonds is 9. The van der Waals surface area contributed by atoms with E-state index < -0.39 is 51.9 Å². The van der Waals surface area contributed by atoms with Crippen molar-refractivity contribution in [2.24, 2.45) is 0 Å². The molecular formula is C30H27F4N7O5S. The number of halogens is 4. The van der Waals surface area contributed by atoms with Crippen molar-refractivity contribution in [2.45, 2.75) is 32.7 Å². The molecule has 1 aliphatic rings. The maximum atomic E-state index is 14.0. The first kappa shape index (κ1) is 31.8. The average molecular weight is 674 g/mol. The van der Waals surface area contributed by atoms with Gasteiger partial charge in [0.2, 0.25) is 17.4 Å². The zero-order chi connectivity index (χ0) is 33.8. The molecule has 1 aliphatic heterocycles. The number of carbonyl (C=O) groups is 1. The number of nitrogens with two attached hydrogens (primary N) is 1. The first-order chi connectivity index (χ1) is 22.1. The highest BCUT2D eigenvalue weighted by molar-refractivity contribution is 7.91. The summed E-state index contributed by atoms with van der Waals surface area (Å²) in [6.45, 7) is 4.02. The average Bonchev–Trinajstić information content (AvgIpc) is 3.64. The molecule has 0 aliphatic carbocycles. The molecule has 246 valence electrons. The predicted molar refractivity (Wildman–Crippen MR) is 164 cm³/mol. The van der Waals surface area contributed by atoms with E-state index in [1.807, 2.05) is 0 Å². The van der Waals surface area contributed by atoms with Crippen molar-refractivity contribution in [2.75, 3.05) is 23.2 Å². The van der Waals surface area contributed by atoms with Gasteiger partial charge in [-0.25, -0.2) is 27.2 Å². The number of fused-ring (bicyclic) bond motifs is 1. The van der Waals surface area contributed by atoms with E-state index in [1.54, 1.807) is 20.8 Å². The minimum Gasteiger partial charge on any atom is -0.485 e. The number of para-hydroxylation sites is 1. The fourth-order valence-electron chi connectivity index (χ4n) is 5.18. The number of anilines is 2. The molecule has 12 nitrogen and oxygen atoms in total. The van der Waals surface area contributed by atoms with Gasteiger partial charge in [-0.3, -0.25) is 9.10 Å². The van der Waals surface area contributed by atoms with Crippen LogP contribution in [0.15, 0.2) is 54.9 Å². The molecule has 5 aromatic rings. The van der Waals surface area contributed by atoms with Crippen LogP contribution in [0.5, 0.6) is 17.4 Å². The summed E-state index contributed by atoms with van der Waals surface area (Å²) in [6.07, 6.45) is -0.257. The van der Waals surface area contributed by atoms with Crippen molar-refractivity contribution in [3.63, 3.8) is 0 Å². The lowest BCUT2D eigenvalue weighted by molar-refractivity contribution is 0.0822. The van der Waals surface area contributed by atoms with E-state index in [9.17, 15) is 30.8 Å². The molecule has 0 bridgehead atoms. The maximum absolute atomic E-state index is 14.0. The van der Waals surface area contributed by atoms with Crippen LogP contribution in [0.3, 0.4) is 0 Å². The van der Waals surface area contributed by atoms with Crippen LogP contribution in [-0.4, -0.2) is 59.1 Å². The van der Waals surface area contributed by atoms with Crippen molar-refractivity contribution < 1.29 is 40.2 Å². The van der Waals surface area contributed by atoms with Gasteiger partial charge in [0.1, 0.15) is 18.2 Å². The third-order valence-corrected chi connectivity index (χ3v) is 8.99. The summed E-state index contributed by atoms with van der Waals surface area (Å²) in [6, 6.07) is 8.95. The number of nitrogens with zero attached hydrogens (tertiary/aromatic N) is 4. The van der Waals surface area contributed by atoms with Gasteiger partial charge in [-0.1, -0.05) is 6.07 Å². The second kappa shape index (κ2) is 11.6. The number of nitrogens with one attached hydrogen (secondary N) is 2. The van der Waals surface area contributed by atoms with E-state index in [1.165, 1.54) is 47.4 Å². The van der Waals surface area contributed by atoms with Gasteiger partial charge in [0.25, 0.3) is 6.43 Å². The topological polar surface area (TPSA) is 157 Å². The molecule has 0 unspecified atom stereocenters. The van der Waals surface area contributed by atoms with E-state index in [0.717, 1.165) is 16.4 Å². The largest absolute Gasteiger partial charge is 0.485 e. The number of H-pyrrole nitrogens is 1. The molecule has 4 heterocycles. The van der Waals surface area contributed by atoms with Gasteiger partial charge in [0, 0.05) is 22.5 Å². The van der Waals surface area contributed by atoms with Crippen LogP contribution in [0.4, 0.5) is 29.1 Å². The summed E-state index contributed by atoms with van der Waals surface area (Å²) in [5.41, 5.74) is 6.75. The second-order valence-corrected chi connectivity index (χ2v) is 13.0. The lowest BCUT2D eigenvalue weighted by atomic mass is 10.1. The summed E-state index contributed by atoms with van der Waals surface area (Å²) >= 11 is 0. The number of aromatic nitrogens is 4. The van der Waals surface area contributed by atoms with E-state index in [4.69, 9.17) is 15.2 Å². The fraction of sp³-hybridized carbons (Fsp3) is 0.233. The Labute approximate surface area is 265 Å². The quantitative estimate of drug-likeness (QED) is 0.146. The van der Waals surface area contributed by atoms with Gasteiger partial charge in [-0.15, -0.1) is 0 Å². The number of alkyl halides is 2. The zero-order valence-electron chi connectivity index (χ0n) is 25.0. The summed E-state index contributed by atoms with van der Waals surface area (Å²) in [5.74, 6) is -3.24. The van der Waals surface area contributed by atoms with Crippen LogP contribution >= 0.6 is 0 Å². The number of pyridine rings is 1. The van der Waals surface area contributed by atoms with Crippen molar-refractivity contribution in [3.8, 4) is 23.1 Å². The predicted octanol–water partition coefficient (Wildman–Crippen LogP) is 5.02. The van der Waals surface area contributed by atoms with Gasteiger partial charge in [0.05, 0.1) is 41.6 Å². The Morgan fingerprint density at radius 3 is 2.47 bits per heavy atom. The molecule has 0 spiro atoms. The fourth-order valence-corrected chi connectivity index (χ4v) is 6.95. The lowest BCUT2D eigenvalue weighted by Gasteiger charge is -2.21. The number of aryl methyl sites for hydroxylation is 1. The highest BCUT2D eigenvalue weighted by Gasteiger charge is 2.42. The molecule has 1 saturated heterocycles. The molecule has 0 atom stereocenters. The van der Waals surface area contributed by atoms with Crippen LogP contribution < -0.4 is 24.2 Å². The Balaban J connectivity index is 1.31. The van der Waals surface area contributed by atoms with Crippen LogP contribution in [0.25, 0.3) is 16.6 Å². The third kappa shape index (κ3) is 6.06. The van der Waals surface area contributed by atoms with E-state index >= 15 is 0 Å². The maximum Gasteiger partial charge on any atom is 0.302 e. The van der Waals surface area contributed by atoms with Crippen molar-refractivity contribution in [3.05, 3.63) is 83.3 Å². The number of carbonyl (C=O) groups excluding carboxylic acids is 1. The first-order valence-corrected chi connectivity index (χ1v) is 15.4. The smallest absolute Gasteiger partial charge is 0.302 e. The highest BCUT2D eigenvalue weighted by Crippen LogP contribution is 2.38. The van der Waals surface area contributed by atoms with Crippen LogP contribution in [0.2, 0.25) is 0 Å². The van der Waals surface area contributed by atoms with E-state index in [-0.39, 0.29) is 40.9 Å². The molecule has 2 aromatic carbocycles. The number of ether oxygens (including phenoxy) is 2. The standard InChI is InChI=1S/C30H27F4N7O5S/c1-15-7-26(46-28-18(31)5-4-6-19(28)32)36-12-23(15)41-29(35)17(11-37-41)27(42)21-8-16-9-24(45-13-25(33)34)22(10-20(16)38-21)40-14-30(2,3)39-47(40,43)44/h4-12,25,38-39H,13-14,35H2,1-3H3. The number of nitrogen functional groups attached to an aromatic ring is 1. The van der Waals surface area contributed by atoms with E-state index in [0.29, 0.717) is 22.2 Å². The Morgan fingerprint density at radius 1 is 1.11 bits per heavy atom. The number of hydrogen-bond donors (Lipinski definition) is 3. The van der Waals surface area contributed by atoms with Gasteiger partial charge in [-0.2, -0.15) is 18.2 Å². The van der Waals surface area contributed by atoms with Crippen molar-refractivity contribution in [1.82, 2.24) is 24.5 Å². The SMILES string of the molecule is Cc1cc(Oc2c(F)cccc2F)ncc1-n1ncc(C(=O)c2cc3cc(OCC(F)F)c(N4CC(C)(C)NS4(=O)=O)cc3[nH]2)c1N. The Kier molecular flexibility index (Phi) is 7.83. The molecule has 0 amide bonds.